The highest BCUT2D eigenvalue weighted by Crippen LogP contribution is 2.56. The van der Waals surface area contributed by atoms with Gasteiger partial charge in [-0.05, 0) is 63.3 Å². The third-order valence-corrected chi connectivity index (χ3v) is 16.9. The minimum atomic E-state index is -1.58. The van der Waals surface area contributed by atoms with Crippen molar-refractivity contribution in [2.24, 2.45) is 29.2 Å². The van der Waals surface area contributed by atoms with E-state index in [4.69, 9.17) is 37.2 Å². The number of aromatic nitrogens is 4. The number of carboxylic acids is 2. The number of nitrogens with one attached hydrogen (secondary N) is 10. The van der Waals surface area contributed by atoms with E-state index in [0.29, 0.717) is 17.9 Å². The number of carbonyl (C=O) groups is 10. The Morgan fingerprint density at radius 3 is 2.26 bits per heavy atom. The smallest absolute Gasteiger partial charge is 0.404 e. The molecule has 1 fully saturated rings. The van der Waals surface area contributed by atoms with Gasteiger partial charge in [0.25, 0.3) is 11.5 Å². The van der Waals surface area contributed by atoms with Crippen LogP contribution in [0.15, 0.2) is 57.8 Å². The Morgan fingerprint density at radius 1 is 0.884 bits per heavy atom. The molecule has 6 amide bonds. The minimum absolute atomic E-state index is 0.0137. The normalized spacial score (nSPS) is 19.3. The largest absolute Gasteiger partial charge is 0.480 e. The maximum Gasteiger partial charge on any atom is 0.404 e. The zero-order valence-corrected chi connectivity index (χ0v) is 49.1. The standard InChI is InChI=1S/C52H69N17O15S2/c1-23-20-69-39-36(30(21-84-51(56)82)52(69,83-5)25(23)3)41(74)37(24(2)40(39)73)57-15-16-85-86-22-33(46(78)62-26(4)43(75)61-19-35(71)72)66-45(77)31(7-6-14-58-49(53)54)64-34(70)13-12-32(48(80)81)65-44(76)27-8-10-28(11-9-27)59-17-29-18-60-42-38(63-29)47(79)68-50(55)67-42/h8-11,18,23,25-26,30-33,57,59H,6-7,12-17,19-22H2,1-5H3,(H2,56,82)(H,61,75)(H,62,78)(H,64,70)(H,65,76)(H,66,77)(H,71,72)(H,80,81)(H4,53,54,58)(H3,55,60,67,68,79)/t23-,25-,26-,30+,31-,32-,33-,52-/m0/s1. The lowest BCUT2D eigenvalue weighted by Gasteiger charge is -2.41. The number of hydrogen-bond acceptors (Lipinski definition) is 23. The summed E-state index contributed by atoms with van der Waals surface area (Å²) in [4.78, 5) is 160. The number of carbonyl (C=O) groups excluding carboxylic acids is 8. The molecule has 18 N–H and O–H groups in total. The van der Waals surface area contributed by atoms with E-state index in [-0.39, 0.29) is 114 Å². The molecule has 1 aromatic carbocycles. The van der Waals surface area contributed by atoms with Crippen LogP contribution in [0.4, 0.5) is 16.4 Å². The van der Waals surface area contributed by atoms with Crippen molar-refractivity contribution in [1.29, 1.82) is 5.41 Å². The summed E-state index contributed by atoms with van der Waals surface area (Å²) in [7, 11) is 3.76. The molecular weight excluding hydrogens is 1170 g/mol. The summed E-state index contributed by atoms with van der Waals surface area (Å²) in [6.45, 7) is 6.38. The average Bonchev–Trinajstić information content (AvgIpc) is 1.54. The molecule has 1 aliphatic carbocycles. The van der Waals surface area contributed by atoms with Gasteiger partial charge in [-0.1, -0.05) is 35.4 Å². The number of primary amides is 1. The number of allylic oxidation sites excluding steroid dienone is 2. The third kappa shape index (κ3) is 16.2. The fourth-order valence-electron chi connectivity index (χ4n) is 10.0. The lowest BCUT2D eigenvalue weighted by atomic mass is 9.77. The zero-order valence-electron chi connectivity index (χ0n) is 47.5. The molecule has 464 valence electrons. The topological polar surface area (TPSA) is 503 Å². The average molecular weight is 1240 g/mol. The number of anilines is 2. The number of nitrogen functional groups attached to an aromatic ring is 1. The fourth-order valence-corrected chi connectivity index (χ4v) is 12.1. The number of aromatic amines is 1. The van der Waals surface area contributed by atoms with Crippen molar-refractivity contribution in [3.63, 3.8) is 0 Å². The van der Waals surface area contributed by atoms with Crippen molar-refractivity contribution in [2.45, 2.75) is 89.8 Å². The maximum atomic E-state index is 14.4. The lowest BCUT2D eigenvalue weighted by molar-refractivity contribution is -0.153. The van der Waals surface area contributed by atoms with Gasteiger partial charge in [-0.2, -0.15) is 4.98 Å². The molecule has 3 aromatic rings. The van der Waals surface area contributed by atoms with Crippen LogP contribution in [0.1, 0.15) is 69.4 Å². The van der Waals surface area contributed by atoms with E-state index in [1.165, 1.54) is 50.1 Å². The quantitative estimate of drug-likeness (QED) is 0.0110. The molecule has 3 aliphatic rings. The highest BCUT2D eigenvalue weighted by molar-refractivity contribution is 8.76. The fraction of sp³-hybridized carbons (Fsp3) is 0.481. The van der Waals surface area contributed by atoms with Crippen LogP contribution in [-0.2, 0) is 54.4 Å². The summed E-state index contributed by atoms with van der Waals surface area (Å²) in [5.41, 5.74) is 16.1. The Kier molecular flexibility index (Phi) is 22.8. The lowest BCUT2D eigenvalue weighted by Crippen LogP contribution is -2.57. The predicted octanol–water partition coefficient (Wildman–Crippen LogP) is -1.88. The van der Waals surface area contributed by atoms with Gasteiger partial charge in [0.05, 0.1) is 35.7 Å². The van der Waals surface area contributed by atoms with Gasteiger partial charge in [-0.3, -0.25) is 53.5 Å². The summed E-state index contributed by atoms with van der Waals surface area (Å²) < 4.78 is 11.3. The van der Waals surface area contributed by atoms with Crippen LogP contribution in [0, 0.1) is 23.2 Å². The highest BCUT2D eigenvalue weighted by Gasteiger charge is 2.65. The van der Waals surface area contributed by atoms with Gasteiger partial charge in [-0.25, -0.2) is 19.6 Å². The number of carboxylic acid groups (broad SMARTS) is 2. The van der Waals surface area contributed by atoms with Crippen molar-refractivity contribution < 1.29 is 67.6 Å². The monoisotopic (exact) mass is 1240 g/mol. The molecule has 0 unspecified atom stereocenters. The van der Waals surface area contributed by atoms with E-state index in [0.717, 1.165) is 10.8 Å². The summed E-state index contributed by atoms with van der Waals surface area (Å²) in [6.07, 6.45) is -0.570. The molecule has 0 radical (unpaired) electrons. The molecule has 0 saturated carbocycles. The van der Waals surface area contributed by atoms with Gasteiger partial charge in [0.1, 0.15) is 37.3 Å². The zero-order chi connectivity index (χ0) is 63.2. The number of fused-ring (bicyclic) bond motifs is 3. The molecule has 1 saturated heterocycles. The molecule has 6 rings (SSSR count). The number of hydrogen-bond donors (Lipinski definition) is 15. The van der Waals surface area contributed by atoms with Crippen LogP contribution in [0.3, 0.4) is 0 Å². The molecule has 0 bridgehead atoms. The second kappa shape index (κ2) is 29.7. The first-order valence-corrected chi connectivity index (χ1v) is 29.4. The molecule has 34 heteroatoms. The van der Waals surface area contributed by atoms with E-state index in [1.807, 2.05) is 13.8 Å². The van der Waals surface area contributed by atoms with Gasteiger partial charge >= 0.3 is 18.0 Å². The van der Waals surface area contributed by atoms with Gasteiger partial charge < -0.3 is 84.3 Å². The Bertz CT molecular complexity index is 3270. The van der Waals surface area contributed by atoms with Crippen LogP contribution in [-0.4, -0.2) is 181 Å². The van der Waals surface area contributed by atoms with Gasteiger partial charge in [0, 0.05) is 73.0 Å². The van der Waals surface area contributed by atoms with E-state index >= 15 is 0 Å². The summed E-state index contributed by atoms with van der Waals surface area (Å²) in [6, 6.07) is 0.257. The maximum absolute atomic E-state index is 14.4. The van der Waals surface area contributed by atoms with E-state index in [9.17, 15) is 57.8 Å². The van der Waals surface area contributed by atoms with Gasteiger partial charge in [-0.15, -0.1) is 0 Å². The number of guanidine groups is 1. The van der Waals surface area contributed by atoms with E-state index in [2.05, 4.69) is 62.5 Å². The van der Waals surface area contributed by atoms with Crippen LogP contribution < -0.4 is 65.3 Å². The number of H-pyrrole nitrogens is 1. The molecular formula is C52H69N17O15S2. The number of methoxy groups -OCH3 is 1. The van der Waals surface area contributed by atoms with Gasteiger partial charge in [0.2, 0.25) is 41.1 Å². The van der Waals surface area contributed by atoms with E-state index < -0.39 is 120 Å². The number of amides is 6. The van der Waals surface area contributed by atoms with Gasteiger partial charge in [0.15, 0.2) is 22.8 Å². The number of rotatable bonds is 31. The second-order valence-corrected chi connectivity index (χ2v) is 22.9. The Labute approximate surface area is 498 Å². The molecule has 32 nitrogen and oxygen atoms in total. The van der Waals surface area contributed by atoms with Crippen LogP contribution in [0.5, 0.6) is 0 Å². The second-order valence-electron chi connectivity index (χ2n) is 20.3. The van der Waals surface area contributed by atoms with Crippen LogP contribution in [0.2, 0.25) is 0 Å². The SMILES string of the molecule is CO[C@@]12[C@H](COC(N)=O)C3=C(C(=O)C(C)=C(NCCSSC[C@H](NC(=O)[C@H](CCCNC(=N)N)NC(=O)CC[C@H](NC(=O)c4ccc(NCc5cnc6nc(N)[nH]c(=O)c6n5)cc4)C(=O)O)C(=O)N[C@@H](C)C(=O)NCC(=O)O)C3=O)N1C[C@H](C)[C@@H]2C. The minimum Gasteiger partial charge on any atom is -0.480 e. The van der Waals surface area contributed by atoms with Crippen molar-refractivity contribution >= 4 is 109 Å². The molecule has 4 heterocycles. The van der Waals surface area contributed by atoms with Crippen molar-refractivity contribution in [2.75, 3.05) is 62.5 Å². The molecule has 86 heavy (non-hydrogen) atoms. The Balaban J connectivity index is 1.07. The van der Waals surface area contributed by atoms with Crippen LogP contribution in [0.25, 0.3) is 11.2 Å². The van der Waals surface area contributed by atoms with Crippen LogP contribution >= 0.6 is 21.6 Å². The number of nitrogens with two attached hydrogens (primary N) is 3. The predicted molar refractivity (Wildman–Crippen MR) is 312 cm³/mol. The van der Waals surface area contributed by atoms with Crippen molar-refractivity contribution in [3.8, 4) is 0 Å². The summed E-state index contributed by atoms with van der Waals surface area (Å²) >= 11 is 0. The van der Waals surface area contributed by atoms with Crippen molar-refractivity contribution in [1.82, 2.24) is 62.1 Å². The summed E-state index contributed by atoms with van der Waals surface area (Å²) in [5, 5.41) is 47.5. The number of nitrogens with zero attached hydrogens (tertiary/aromatic N) is 4. The number of aliphatic carboxylic acids is 2. The third-order valence-electron chi connectivity index (χ3n) is 14.5. The first-order chi connectivity index (χ1) is 40.8. The first kappa shape index (κ1) is 66.1. The number of ketones is 2. The first-order valence-electron chi connectivity index (χ1n) is 26.9. The molecule has 2 aliphatic heterocycles. The number of ether oxygens (including phenoxy) is 2. The molecule has 8 atom stereocenters. The summed E-state index contributed by atoms with van der Waals surface area (Å²) in [5.74, 6) is -9.34. The Morgan fingerprint density at radius 2 is 1.59 bits per heavy atom. The highest BCUT2D eigenvalue weighted by atomic mass is 33.1. The molecule has 0 spiro atoms. The van der Waals surface area contributed by atoms with Crippen molar-refractivity contribution in [3.05, 3.63) is 74.6 Å². The van der Waals surface area contributed by atoms with E-state index in [1.54, 1.807) is 17.0 Å². The number of benzene rings is 1. The number of Topliss-reactive ketones (excluding diaryl/α,β-unsaturated/α-hetero) is 2. The molecule has 2 aromatic heterocycles. The Hall–Kier alpha value is -9.05.